The number of aromatic hydroxyl groups is 1. The Morgan fingerprint density at radius 2 is 1.79 bits per heavy atom. The molecule has 29 heavy (non-hydrogen) atoms. The molecule has 1 heterocycles. The van der Waals surface area contributed by atoms with Crippen LogP contribution < -0.4 is 5.32 Å². The Kier molecular flexibility index (Phi) is 6.04. The molecular formula is C24H22BrClN2O. The van der Waals surface area contributed by atoms with E-state index >= 15 is 0 Å². The molecule has 148 valence electrons. The van der Waals surface area contributed by atoms with E-state index in [-0.39, 0.29) is 18.0 Å². The average Bonchev–Trinajstić information content (AvgIpc) is 2.75. The van der Waals surface area contributed by atoms with Crippen LogP contribution >= 0.6 is 27.5 Å². The number of hydrogen-bond donors (Lipinski definition) is 2. The molecule has 0 amide bonds. The van der Waals surface area contributed by atoms with Gasteiger partial charge in [-0.25, -0.2) is 0 Å². The van der Waals surface area contributed by atoms with Gasteiger partial charge in [-0.15, -0.1) is 0 Å². The van der Waals surface area contributed by atoms with E-state index in [2.05, 4.69) is 64.6 Å². The molecule has 3 nitrogen and oxygen atoms in total. The Hall–Kier alpha value is -2.14. The van der Waals surface area contributed by atoms with Crippen LogP contribution in [0.5, 0.6) is 5.75 Å². The maximum atomic E-state index is 10.5. The van der Waals surface area contributed by atoms with Gasteiger partial charge in [0.2, 0.25) is 0 Å². The molecule has 0 aliphatic carbocycles. The van der Waals surface area contributed by atoms with Crippen molar-refractivity contribution in [1.82, 2.24) is 5.32 Å². The molecular weight excluding hydrogens is 448 g/mol. The maximum Gasteiger partial charge on any atom is 0.126 e. The van der Waals surface area contributed by atoms with Crippen molar-refractivity contribution in [2.75, 3.05) is 0 Å². The molecule has 3 aromatic carbocycles. The zero-order chi connectivity index (χ0) is 20.4. The molecule has 0 aromatic heterocycles. The summed E-state index contributed by atoms with van der Waals surface area (Å²) in [7, 11) is 0. The standard InChI is InChI=1S/C24H22BrClN2O/c1-2-15-3-5-16(6-4-15)21-14-22(20-13-19(26)11-12-23(20)29)28-24(27-21)17-7-9-18(25)10-8-17/h3-13,22,24,28-29H,2,14H2,1H3/t22-,24-/m0/s1. The first-order chi connectivity index (χ1) is 14.0. The van der Waals surface area contributed by atoms with E-state index in [9.17, 15) is 5.11 Å². The predicted molar refractivity (Wildman–Crippen MR) is 123 cm³/mol. The molecule has 0 saturated carbocycles. The Morgan fingerprint density at radius 1 is 1.07 bits per heavy atom. The summed E-state index contributed by atoms with van der Waals surface area (Å²) >= 11 is 9.71. The highest BCUT2D eigenvalue weighted by atomic mass is 79.9. The van der Waals surface area contributed by atoms with Crippen LogP contribution in [0.4, 0.5) is 0 Å². The molecule has 0 radical (unpaired) electrons. The second-order valence-electron chi connectivity index (χ2n) is 7.21. The minimum atomic E-state index is -0.207. The Bertz CT molecular complexity index is 1030. The van der Waals surface area contributed by atoms with Crippen molar-refractivity contribution < 1.29 is 5.11 Å². The molecule has 3 aromatic rings. The van der Waals surface area contributed by atoms with Gasteiger partial charge in [-0.1, -0.05) is 70.9 Å². The highest BCUT2D eigenvalue weighted by Crippen LogP contribution is 2.36. The summed E-state index contributed by atoms with van der Waals surface area (Å²) in [5.41, 5.74) is 5.29. The molecule has 5 heteroatoms. The van der Waals surface area contributed by atoms with Gasteiger partial charge in [0.25, 0.3) is 0 Å². The maximum absolute atomic E-state index is 10.5. The number of phenolic OH excluding ortho intramolecular Hbond substituents is 1. The van der Waals surface area contributed by atoms with E-state index in [1.54, 1.807) is 12.1 Å². The molecule has 1 aliphatic rings. The van der Waals surface area contributed by atoms with E-state index in [1.165, 1.54) is 5.56 Å². The zero-order valence-corrected chi connectivity index (χ0v) is 18.4. The molecule has 0 spiro atoms. The van der Waals surface area contributed by atoms with Gasteiger partial charge in [0.15, 0.2) is 0 Å². The highest BCUT2D eigenvalue weighted by Gasteiger charge is 2.27. The largest absolute Gasteiger partial charge is 0.508 e. The lowest BCUT2D eigenvalue weighted by Crippen LogP contribution is -2.33. The second kappa shape index (κ2) is 8.70. The summed E-state index contributed by atoms with van der Waals surface area (Å²) in [6.07, 6.45) is 1.47. The number of nitrogens with one attached hydrogen (secondary N) is 1. The van der Waals surface area contributed by atoms with Crippen molar-refractivity contribution in [3.63, 3.8) is 0 Å². The highest BCUT2D eigenvalue weighted by molar-refractivity contribution is 9.10. The van der Waals surface area contributed by atoms with Crippen molar-refractivity contribution in [3.8, 4) is 5.75 Å². The quantitative estimate of drug-likeness (QED) is 0.452. The van der Waals surface area contributed by atoms with Crippen molar-refractivity contribution >= 4 is 33.2 Å². The topological polar surface area (TPSA) is 44.6 Å². The first-order valence-corrected chi connectivity index (χ1v) is 10.9. The summed E-state index contributed by atoms with van der Waals surface area (Å²) < 4.78 is 1.03. The van der Waals surface area contributed by atoms with Crippen LogP contribution in [0.3, 0.4) is 0 Å². The Morgan fingerprint density at radius 3 is 2.48 bits per heavy atom. The van der Waals surface area contributed by atoms with Crippen LogP contribution in [0, 0.1) is 0 Å². The van der Waals surface area contributed by atoms with Crippen LogP contribution in [-0.2, 0) is 6.42 Å². The second-order valence-corrected chi connectivity index (χ2v) is 8.56. The fourth-order valence-electron chi connectivity index (χ4n) is 3.63. The summed E-state index contributed by atoms with van der Waals surface area (Å²) in [6.45, 7) is 2.15. The fraction of sp³-hybridized carbons (Fsp3) is 0.208. The number of phenols is 1. The lowest BCUT2D eigenvalue weighted by Gasteiger charge is -2.31. The van der Waals surface area contributed by atoms with Gasteiger partial charge in [-0.05, 0) is 53.4 Å². The van der Waals surface area contributed by atoms with Crippen LogP contribution in [-0.4, -0.2) is 10.8 Å². The van der Waals surface area contributed by atoms with Gasteiger partial charge in [-0.2, -0.15) is 0 Å². The number of halogens is 2. The SMILES string of the molecule is CCc1ccc(C2=N[C@H](c3ccc(Br)cc3)N[C@H](c3cc(Cl)ccc3O)C2)cc1. The van der Waals surface area contributed by atoms with Gasteiger partial charge < -0.3 is 5.11 Å². The molecule has 2 atom stereocenters. The average molecular weight is 470 g/mol. The number of aliphatic imine (C=N–C) groups is 1. The third kappa shape index (κ3) is 4.55. The first-order valence-electron chi connectivity index (χ1n) is 9.69. The van der Waals surface area contributed by atoms with E-state index in [0.29, 0.717) is 11.4 Å². The van der Waals surface area contributed by atoms with Crippen LogP contribution in [0.15, 0.2) is 76.2 Å². The van der Waals surface area contributed by atoms with Crippen molar-refractivity contribution in [3.05, 3.63) is 98.5 Å². The lowest BCUT2D eigenvalue weighted by atomic mass is 9.93. The van der Waals surface area contributed by atoms with Gasteiger partial charge in [-0.3, -0.25) is 10.3 Å². The van der Waals surface area contributed by atoms with Crippen molar-refractivity contribution in [2.24, 2.45) is 4.99 Å². The minimum absolute atomic E-state index is 0.0966. The van der Waals surface area contributed by atoms with Gasteiger partial charge >= 0.3 is 0 Å². The van der Waals surface area contributed by atoms with Crippen LogP contribution in [0.2, 0.25) is 5.02 Å². The zero-order valence-electron chi connectivity index (χ0n) is 16.1. The summed E-state index contributed by atoms with van der Waals surface area (Å²) in [4.78, 5) is 5.01. The van der Waals surface area contributed by atoms with Crippen LogP contribution in [0.25, 0.3) is 0 Å². The van der Waals surface area contributed by atoms with Gasteiger partial charge in [0.05, 0.1) is 0 Å². The number of benzene rings is 3. The molecule has 2 N–H and O–H groups in total. The van der Waals surface area contributed by atoms with Gasteiger partial charge in [0, 0.05) is 33.2 Å². The Labute approximate surface area is 184 Å². The summed E-state index contributed by atoms with van der Waals surface area (Å²) in [5, 5.41) is 14.6. The van der Waals surface area contributed by atoms with E-state index in [0.717, 1.165) is 33.3 Å². The molecule has 4 rings (SSSR count). The van der Waals surface area contributed by atoms with E-state index < -0.39 is 0 Å². The third-order valence-electron chi connectivity index (χ3n) is 5.29. The van der Waals surface area contributed by atoms with Crippen molar-refractivity contribution in [2.45, 2.75) is 32.0 Å². The smallest absolute Gasteiger partial charge is 0.126 e. The van der Waals surface area contributed by atoms with E-state index in [1.807, 2.05) is 18.2 Å². The summed E-state index contributed by atoms with van der Waals surface area (Å²) in [6, 6.07) is 21.8. The number of aryl methyl sites for hydroxylation is 1. The monoisotopic (exact) mass is 468 g/mol. The number of rotatable bonds is 4. The number of nitrogens with zero attached hydrogens (tertiary/aromatic N) is 1. The molecule has 0 bridgehead atoms. The minimum Gasteiger partial charge on any atom is -0.508 e. The molecule has 0 saturated heterocycles. The summed E-state index contributed by atoms with van der Waals surface area (Å²) in [5.74, 6) is 0.240. The van der Waals surface area contributed by atoms with E-state index in [4.69, 9.17) is 16.6 Å². The molecule has 0 fully saturated rings. The van der Waals surface area contributed by atoms with Crippen LogP contribution in [0.1, 0.15) is 47.8 Å². The predicted octanol–water partition coefficient (Wildman–Crippen LogP) is 6.59. The number of hydrogen-bond acceptors (Lipinski definition) is 3. The Balaban J connectivity index is 1.75. The third-order valence-corrected chi connectivity index (χ3v) is 6.05. The van der Waals surface area contributed by atoms with Gasteiger partial charge in [0.1, 0.15) is 11.9 Å². The fourth-order valence-corrected chi connectivity index (χ4v) is 4.08. The normalized spacial score (nSPS) is 19.1. The molecule has 0 unspecified atom stereocenters. The first kappa shape index (κ1) is 20.1. The lowest BCUT2D eigenvalue weighted by molar-refractivity contribution is 0.412. The van der Waals surface area contributed by atoms with Crippen molar-refractivity contribution in [1.29, 1.82) is 0 Å². The molecule has 1 aliphatic heterocycles.